The van der Waals surface area contributed by atoms with Crippen molar-refractivity contribution in [3.05, 3.63) is 35.9 Å². The molecule has 0 aromatic heterocycles. The number of ether oxygens (including phenoxy) is 2. The molecule has 1 radical (unpaired) electrons. The summed E-state index contributed by atoms with van der Waals surface area (Å²) in [5.74, 6) is 0.248. The second-order valence-electron chi connectivity index (χ2n) is 13.7. The smallest absolute Gasteiger partial charge is 0.344 e. The van der Waals surface area contributed by atoms with Gasteiger partial charge in [0.05, 0.1) is 12.7 Å². The van der Waals surface area contributed by atoms with Gasteiger partial charge >= 0.3 is 13.5 Å². The summed E-state index contributed by atoms with van der Waals surface area (Å²) in [6.45, 7) is 13.6. The van der Waals surface area contributed by atoms with E-state index in [1.165, 1.54) is 0 Å². The first-order chi connectivity index (χ1) is 18.9. The van der Waals surface area contributed by atoms with Crippen LogP contribution >= 0.6 is 0 Å². The van der Waals surface area contributed by atoms with E-state index >= 15 is 0 Å². The quantitative estimate of drug-likeness (QED) is 0.314. The summed E-state index contributed by atoms with van der Waals surface area (Å²) in [5, 5.41) is 11.7. The van der Waals surface area contributed by atoms with Gasteiger partial charge in [0, 0.05) is 29.7 Å². The summed E-state index contributed by atoms with van der Waals surface area (Å²) in [5.41, 5.74) is 1.70. The van der Waals surface area contributed by atoms with Crippen LogP contribution in [0.15, 0.2) is 24.8 Å². The highest BCUT2D eigenvalue weighted by Gasteiger charge is 2.68. The standard InChI is InChI=1S/C32H45BNO6/c1-8-30(4)15-26(31(5)19(2)9-11-32(20(3)29(30)37)12-10-25(35)28(31)32)40-27(36)18-38-22-13-21(16-34(6)7)23-17-39-33-24(23)14-22/h8,13-14,19-20,26,28-29,37H,1,9-12,15-18H2,2-7H3/t19-,20+,26-,28+,29+,30-,31+,32+/m1/s1. The summed E-state index contributed by atoms with van der Waals surface area (Å²) < 4.78 is 17.8. The lowest BCUT2D eigenvalue weighted by Crippen LogP contribution is -2.63. The van der Waals surface area contributed by atoms with Crippen LogP contribution in [0.1, 0.15) is 70.9 Å². The van der Waals surface area contributed by atoms with Crippen LogP contribution in [-0.4, -0.2) is 62.2 Å². The van der Waals surface area contributed by atoms with E-state index in [9.17, 15) is 14.7 Å². The van der Waals surface area contributed by atoms with Gasteiger partial charge < -0.3 is 24.1 Å². The maximum atomic E-state index is 13.6. The third-order valence-corrected chi connectivity index (χ3v) is 11.2. The van der Waals surface area contributed by atoms with Crippen molar-refractivity contribution < 1.29 is 28.8 Å². The fourth-order valence-corrected chi connectivity index (χ4v) is 8.62. The van der Waals surface area contributed by atoms with Crippen molar-refractivity contribution >= 4 is 24.7 Å². The minimum atomic E-state index is -0.686. The zero-order valence-electron chi connectivity index (χ0n) is 25.0. The van der Waals surface area contributed by atoms with E-state index < -0.39 is 29.0 Å². The zero-order valence-corrected chi connectivity index (χ0v) is 25.0. The van der Waals surface area contributed by atoms with Crippen LogP contribution in [0.3, 0.4) is 0 Å². The van der Waals surface area contributed by atoms with Crippen LogP contribution in [0, 0.1) is 34.0 Å². The van der Waals surface area contributed by atoms with Gasteiger partial charge in [0.25, 0.3) is 0 Å². The molecule has 8 heteroatoms. The van der Waals surface area contributed by atoms with Gasteiger partial charge in [-0.1, -0.05) is 33.8 Å². The molecule has 1 heterocycles. The number of hydrogen-bond acceptors (Lipinski definition) is 7. The third-order valence-electron chi connectivity index (χ3n) is 11.2. The molecule has 3 fully saturated rings. The Bertz CT molecular complexity index is 1190. The second kappa shape index (κ2) is 10.6. The molecule has 1 N–H and O–H groups in total. The van der Waals surface area contributed by atoms with E-state index in [1.54, 1.807) is 7.48 Å². The summed E-state index contributed by atoms with van der Waals surface area (Å²) >= 11 is 0. The third kappa shape index (κ3) is 4.64. The molecule has 0 spiro atoms. The maximum absolute atomic E-state index is 13.6. The fraction of sp³-hybridized carbons (Fsp3) is 0.688. The molecule has 0 saturated heterocycles. The van der Waals surface area contributed by atoms with Gasteiger partial charge in [-0.3, -0.25) is 4.79 Å². The van der Waals surface area contributed by atoms with E-state index in [1.807, 2.05) is 39.2 Å². The molecule has 1 aromatic rings. The largest absolute Gasteiger partial charge is 0.482 e. The van der Waals surface area contributed by atoms with Crippen LogP contribution in [-0.2, 0) is 32.1 Å². The van der Waals surface area contributed by atoms with Gasteiger partial charge in [-0.05, 0) is 85.8 Å². The average Bonchev–Trinajstić information content (AvgIpc) is 3.53. The molecule has 3 saturated carbocycles. The summed E-state index contributed by atoms with van der Waals surface area (Å²) in [6, 6.07) is 3.86. The van der Waals surface area contributed by atoms with Crippen LogP contribution < -0.4 is 10.2 Å². The highest BCUT2D eigenvalue weighted by Crippen LogP contribution is 2.68. The number of ketones is 1. The Hall–Kier alpha value is -2.16. The monoisotopic (exact) mass is 550 g/mol. The lowest BCUT2D eigenvalue weighted by atomic mass is 9.44. The van der Waals surface area contributed by atoms with Gasteiger partial charge in [-0.15, -0.1) is 6.58 Å². The lowest BCUT2D eigenvalue weighted by molar-refractivity contribution is -0.207. The number of hydrogen-bond donors (Lipinski definition) is 1. The van der Waals surface area contributed by atoms with E-state index in [4.69, 9.17) is 14.1 Å². The molecule has 217 valence electrons. The molecular weight excluding hydrogens is 505 g/mol. The first-order valence-electron chi connectivity index (χ1n) is 14.8. The lowest BCUT2D eigenvalue weighted by Gasteiger charge is -2.61. The highest BCUT2D eigenvalue weighted by atomic mass is 16.6. The van der Waals surface area contributed by atoms with Gasteiger partial charge in [-0.25, -0.2) is 4.79 Å². The number of aliphatic hydroxyl groups is 1. The number of nitrogens with zero attached hydrogens (tertiary/aromatic N) is 1. The van der Waals surface area contributed by atoms with Crippen molar-refractivity contribution in [3.63, 3.8) is 0 Å². The van der Waals surface area contributed by atoms with E-state index in [2.05, 4.69) is 32.3 Å². The van der Waals surface area contributed by atoms with Crippen LogP contribution in [0.5, 0.6) is 5.75 Å². The average molecular weight is 551 g/mol. The van der Waals surface area contributed by atoms with Crippen molar-refractivity contribution in [1.29, 1.82) is 0 Å². The molecule has 3 aliphatic carbocycles. The molecule has 40 heavy (non-hydrogen) atoms. The topological polar surface area (TPSA) is 85.3 Å². The van der Waals surface area contributed by atoms with Crippen molar-refractivity contribution in [2.24, 2.45) is 34.0 Å². The number of rotatable bonds is 7. The Kier molecular flexibility index (Phi) is 7.77. The fourth-order valence-electron chi connectivity index (χ4n) is 8.62. The summed E-state index contributed by atoms with van der Waals surface area (Å²) in [7, 11) is 5.75. The molecule has 8 atom stereocenters. The molecular formula is C32H45BNO6. The van der Waals surface area contributed by atoms with Crippen molar-refractivity contribution in [2.75, 3.05) is 20.7 Å². The van der Waals surface area contributed by atoms with Gasteiger partial charge in [-0.2, -0.15) is 0 Å². The number of benzene rings is 1. The van der Waals surface area contributed by atoms with E-state index in [0.717, 1.165) is 42.4 Å². The van der Waals surface area contributed by atoms with E-state index in [0.29, 0.717) is 25.2 Å². The summed E-state index contributed by atoms with van der Waals surface area (Å²) in [6.07, 6.45) is 4.13. The molecule has 4 aliphatic rings. The van der Waals surface area contributed by atoms with Crippen molar-refractivity contribution in [1.82, 2.24) is 4.90 Å². The molecule has 0 amide bonds. The minimum absolute atomic E-state index is 0.0595. The predicted molar refractivity (Wildman–Crippen MR) is 154 cm³/mol. The molecule has 5 rings (SSSR count). The molecule has 2 bridgehead atoms. The van der Waals surface area contributed by atoms with Gasteiger partial charge in [0.2, 0.25) is 0 Å². The summed E-state index contributed by atoms with van der Waals surface area (Å²) in [4.78, 5) is 29.1. The van der Waals surface area contributed by atoms with E-state index in [-0.39, 0.29) is 35.6 Å². The normalized spacial score (nSPS) is 38.6. The van der Waals surface area contributed by atoms with Crippen LogP contribution in [0.4, 0.5) is 0 Å². The Morgan fingerprint density at radius 1 is 1.27 bits per heavy atom. The highest BCUT2D eigenvalue weighted by molar-refractivity contribution is 6.49. The first-order valence-corrected chi connectivity index (χ1v) is 14.8. The molecule has 7 nitrogen and oxygen atoms in total. The zero-order chi connectivity index (χ0) is 29.0. The first kappa shape index (κ1) is 29.3. The minimum Gasteiger partial charge on any atom is -0.482 e. The van der Waals surface area contributed by atoms with Crippen LogP contribution in [0.2, 0.25) is 0 Å². The molecule has 0 unspecified atom stereocenters. The number of fused-ring (bicyclic) bond motifs is 1. The Balaban J connectivity index is 1.42. The molecule has 1 aromatic carbocycles. The second-order valence-corrected chi connectivity index (χ2v) is 13.7. The number of carbonyl (C=O) groups is 2. The van der Waals surface area contributed by atoms with Crippen LogP contribution in [0.25, 0.3) is 0 Å². The SMILES string of the molecule is C=C[C@]1(C)C[C@@H](OC(=O)COc2cc3c(c(CN(C)C)c2)CO[B]3)[C@]2(C)[C@H](C)CC[C@]3(CCC(=O)[C@H]32)[C@@H](C)[C@@H]1O. The number of Topliss-reactive ketones (excluding diaryl/α,β-unsaturated/α-hetero) is 1. The Morgan fingerprint density at radius 2 is 2.02 bits per heavy atom. The van der Waals surface area contributed by atoms with Gasteiger partial charge in [0.1, 0.15) is 17.6 Å². The molecule has 1 aliphatic heterocycles. The Morgan fingerprint density at radius 3 is 2.73 bits per heavy atom. The maximum Gasteiger partial charge on any atom is 0.344 e. The number of esters is 1. The number of aliphatic hydroxyl groups excluding tert-OH is 1. The van der Waals surface area contributed by atoms with Crippen molar-refractivity contribution in [3.8, 4) is 5.75 Å². The van der Waals surface area contributed by atoms with Crippen molar-refractivity contribution in [2.45, 2.75) is 85.2 Å². The van der Waals surface area contributed by atoms with Gasteiger partial charge in [0.15, 0.2) is 6.61 Å². The predicted octanol–water partition coefficient (Wildman–Crippen LogP) is 3.81. The number of carbonyl (C=O) groups excluding carboxylic acids is 2. The Labute approximate surface area is 239 Å².